The Kier molecular flexibility index (Phi) is 68.7. The van der Waals surface area contributed by atoms with Gasteiger partial charge < -0.3 is 14.6 Å². The Morgan fingerprint density at radius 3 is 0.759 bits per heavy atom. The minimum absolute atomic E-state index is 0.0578. The largest absolute Gasteiger partial charge is 0.462 e. The van der Waals surface area contributed by atoms with Gasteiger partial charge in [-0.15, -0.1) is 0 Å². The highest BCUT2D eigenvalue weighted by molar-refractivity contribution is 5.70. The van der Waals surface area contributed by atoms with Crippen molar-refractivity contribution in [2.75, 3.05) is 13.2 Å². The van der Waals surface area contributed by atoms with Gasteiger partial charge in [0.25, 0.3) is 0 Å². The maximum Gasteiger partial charge on any atom is 0.306 e. The summed E-state index contributed by atoms with van der Waals surface area (Å²) in [5.74, 6) is -0.563. The van der Waals surface area contributed by atoms with Crippen molar-refractivity contribution in [3.8, 4) is 0 Å². The fourth-order valence-corrected chi connectivity index (χ4v) is 11.3. The lowest BCUT2D eigenvalue weighted by molar-refractivity contribution is -0.161. The highest BCUT2D eigenvalue weighted by Gasteiger charge is 2.16. The Morgan fingerprint density at radius 1 is 0.291 bits per heavy atom. The van der Waals surface area contributed by atoms with Crippen LogP contribution >= 0.6 is 0 Å². The molecule has 466 valence electrons. The van der Waals surface area contributed by atoms with E-state index in [1.54, 1.807) is 0 Å². The maximum absolute atomic E-state index is 12.4. The third kappa shape index (κ3) is 68.5. The first kappa shape index (κ1) is 77.1. The molecule has 0 rings (SSSR count). The predicted octanol–water partition coefficient (Wildman–Crippen LogP) is 24.9. The standard InChI is InChI=1S/C74H140O5/c1-3-5-7-9-11-13-15-17-19-21-23-25-27-29-31-32-33-34-35-36-37-38-39-40-41-42-43-45-47-49-51-53-55-57-59-61-63-65-67-69-74(77)79-72(70-75)71-78-73(76)68-66-64-62-60-58-56-54-52-50-48-46-44-30-28-26-24-22-20-18-16-14-12-10-8-6-4-2/h15,17,21,23,27,29,72,75H,3-14,16,18-20,22,24-26,28,30-71H2,1-2H3/b17-15-,23-21-,29-27-. The molecular weight excluding hydrogens is 969 g/mol. The van der Waals surface area contributed by atoms with Crippen molar-refractivity contribution in [2.45, 2.75) is 412 Å². The molecule has 0 amide bonds. The Balaban J connectivity index is 3.37. The molecule has 0 aliphatic rings. The summed E-state index contributed by atoms with van der Waals surface area (Å²) in [5, 5.41) is 9.70. The van der Waals surface area contributed by atoms with Gasteiger partial charge in [-0.2, -0.15) is 0 Å². The van der Waals surface area contributed by atoms with E-state index >= 15 is 0 Å². The van der Waals surface area contributed by atoms with Gasteiger partial charge in [0, 0.05) is 12.8 Å². The van der Waals surface area contributed by atoms with E-state index in [0.29, 0.717) is 12.8 Å². The van der Waals surface area contributed by atoms with E-state index in [-0.39, 0.29) is 25.2 Å². The zero-order valence-corrected chi connectivity index (χ0v) is 53.7. The van der Waals surface area contributed by atoms with Crippen molar-refractivity contribution >= 4 is 11.9 Å². The number of rotatable bonds is 68. The molecule has 0 fully saturated rings. The molecule has 0 aliphatic carbocycles. The van der Waals surface area contributed by atoms with E-state index < -0.39 is 6.10 Å². The van der Waals surface area contributed by atoms with Crippen molar-refractivity contribution in [3.63, 3.8) is 0 Å². The van der Waals surface area contributed by atoms with Crippen molar-refractivity contribution < 1.29 is 24.2 Å². The molecular formula is C74H140O5. The van der Waals surface area contributed by atoms with Gasteiger partial charge in [0.15, 0.2) is 6.10 Å². The maximum atomic E-state index is 12.4. The van der Waals surface area contributed by atoms with E-state index in [2.05, 4.69) is 50.3 Å². The molecule has 0 radical (unpaired) electrons. The zero-order valence-electron chi connectivity index (χ0n) is 53.7. The number of allylic oxidation sites excluding steroid dienone is 6. The third-order valence-corrected chi connectivity index (χ3v) is 16.7. The van der Waals surface area contributed by atoms with Gasteiger partial charge in [0.05, 0.1) is 6.61 Å². The summed E-state index contributed by atoms with van der Waals surface area (Å²) in [7, 11) is 0. The topological polar surface area (TPSA) is 72.8 Å². The molecule has 79 heavy (non-hydrogen) atoms. The van der Waals surface area contributed by atoms with E-state index in [0.717, 1.165) is 44.9 Å². The van der Waals surface area contributed by atoms with Crippen LogP contribution in [0.2, 0.25) is 0 Å². The Morgan fingerprint density at radius 2 is 0.506 bits per heavy atom. The Labute approximate surface area is 495 Å². The van der Waals surface area contributed by atoms with Crippen LogP contribution < -0.4 is 0 Å². The quantitative estimate of drug-likeness (QED) is 0.0373. The highest BCUT2D eigenvalue weighted by atomic mass is 16.6. The van der Waals surface area contributed by atoms with Crippen LogP contribution in [-0.4, -0.2) is 36.4 Å². The third-order valence-electron chi connectivity index (χ3n) is 16.7. The van der Waals surface area contributed by atoms with Crippen molar-refractivity contribution in [2.24, 2.45) is 0 Å². The van der Waals surface area contributed by atoms with Gasteiger partial charge in [-0.1, -0.05) is 378 Å². The van der Waals surface area contributed by atoms with E-state index in [4.69, 9.17) is 9.47 Å². The molecule has 0 aromatic heterocycles. The van der Waals surface area contributed by atoms with Gasteiger partial charge in [-0.25, -0.2) is 0 Å². The summed E-state index contributed by atoms with van der Waals surface area (Å²) in [4.78, 5) is 24.6. The summed E-state index contributed by atoms with van der Waals surface area (Å²) in [6.45, 7) is 4.20. The summed E-state index contributed by atoms with van der Waals surface area (Å²) in [5.41, 5.74) is 0. The van der Waals surface area contributed by atoms with Gasteiger partial charge >= 0.3 is 11.9 Å². The van der Waals surface area contributed by atoms with Gasteiger partial charge in [0.1, 0.15) is 6.61 Å². The molecule has 1 N–H and O–H groups in total. The van der Waals surface area contributed by atoms with Crippen LogP contribution in [0.1, 0.15) is 406 Å². The Bertz CT molecular complexity index is 1260. The first-order valence-electron chi connectivity index (χ1n) is 36.0. The second-order valence-electron chi connectivity index (χ2n) is 24.7. The molecule has 0 bridgehead atoms. The van der Waals surface area contributed by atoms with E-state index in [1.165, 1.54) is 334 Å². The van der Waals surface area contributed by atoms with Crippen LogP contribution in [0.5, 0.6) is 0 Å². The molecule has 0 saturated heterocycles. The average molecular weight is 1110 g/mol. The van der Waals surface area contributed by atoms with Gasteiger partial charge in [0.2, 0.25) is 0 Å². The van der Waals surface area contributed by atoms with Crippen LogP contribution in [0.15, 0.2) is 36.5 Å². The molecule has 0 spiro atoms. The molecule has 5 heteroatoms. The highest BCUT2D eigenvalue weighted by Crippen LogP contribution is 2.19. The Hall–Kier alpha value is -1.88. The van der Waals surface area contributed by atoms with Gasteiger partial charge in [-0.3, -0.25) is 9.59 Å². The predicted molar refractivity (Wildman–Crippen MR) is 348 cm³/mol. The summed E-state index contributed by atoms with van der Waals surface area (Å²) in [6, 6.07) is 0. The fraction of sp³-hybridized carbons (Fsp3) is 0.892. The van der Waals surface area contributed by atoms with Crippen LogP contribution in [0, 0.1) is 0 Å². The zero-order chi connectivity index (χ0) is 56.9. The molecule has 0 aromatic carbocycles. The normalized spacial score (nSPS) is 12.3. The van der Waals surface area contributed by atoms with E-state index in [9.17, 15) is 14.7 Å². The number of ether oxygens (including phenoxy) is 2. The van der Waals surface area contributed by atoms with Gasteiger partial charge in [-0.05, 0) is 51.4 Å². The molecule has 0 heterocycles. The molecule has 1 unspecified atom stereocenters. The molecule has 1 atom stereocenters. The van der Waals surface area contributed by atoms with Crippen LogP contribution in [0.25, 0.3) is 0 Å². The molecule has 0 aliphatic heterocycles. The number of carbonyl (C=O) groups excluding carboxylic acids is 2. The molecule has 0 aromatic rings. The monoisotopic (exact) mass is 1110 g/mol. The van der Waals surface area contributed by atoms with Crippen molar-refractivity contribution in [1.29, 1.82) is 0 Å². The number of hydrogen-bond donors (Lipinski definition) is 1. The first-order chi connectivity index (χ1) is 39.1. The van der Waals surface area contributed by atoms with E-state index in [1.807, 2.05) is 0 Å². The van der Waals surface area contributed by atoms with Crippen molar-refractivity contribution in [1.82, 2.24) is 0 Å². The minimum Gasteiger partial charge on any atom is -0.462 e. The van der Waals surface area contributed by atoms with Crippen LogP contribution in [0.3, 0.4) is 0 Å². The second kappa shape index (κ2) is 70.4. The number of esters is 2. The summed E-state index contributed by atoms with van der Waals surface area (Å²) >= 11 is 0. The lowest BCUT2D eigenvalue weighted by Gasteiger charge is -2.15. The molecule has 0 saturated carbocycles. The molecule has 5 nitrogen and oxygen atoms in total. The number of aliphatic hydroxyl groups excluding tert-OH is 1. The minimum atomic E-state index is -0.768. The number of hydrogen-bond acceptors (Lipinski definition) is 5. The second-order valence-corrected chi connectivity index (χ2v) is 24.7. The van der Waals surface area contributed by atoms with Crippen LogP contribution in [-0.2, 0) is 19.1 Å². The number of unbranched alkanes of at least 4 members (excludes halogenated alkanes) is 54. The lowest BCUT2D eigenvalue weighted by atomic mass is 10.0. The first-order valence-corrected chi connectivity index (χ1v) is 36.0. The average Bonchev–Trinajstić information content (AvgIpc) is 3.45. The smallest absolute Gasteiger partial charge is 0.306 e. The van der Waals surface area contributed by atoms with Crippen LogP contribution in [0.4, 0.5) is 0 Å². The number of carbonyl (C=O) groups is 2. The summed E-state index contributed by atoms with van der Waals surface area (Å²) in [6.07, 6.45) is 93.4. The summed E-state index contributed by atoms with van der Waals surface area (Å²) < 4.78 is 10.8. The fourth-order valence-electron chi connectivity index (χ4n) is 11.3. The lowest BCUT2D eigenvalue weighted by Crippen LogP contribution is -2.28. The number of aliphatic hydroxyl groups is 1. The SMILES string of the molecule is CCCCCCC/C=C\C/C=C\C/C=C\CCCCCCCCCCCCCCCCCCCCCCCCCCC(=O)OC(CO)COC(=O)CCCCCCCCCCCCCCCCCCCCCCCCCCCC. The van der Waals surface area contributed by atoms with Crippen molar-refractivity contribution in [3.05, 3.63) is 36.5 Å².